The minimum atomic E-state index is 0.198. The number of piperidine rings is 1. The first-order valence-electron chi connectivity index (χ1n) is 3.28. The van der Waals surface area contributed by atoms with Crippen molar-refractivity contribution in [3.63, 3.8) is 0 Å². The fourth-order valence-electron chi connectivity index (χ4n) is 1.56. The van der Waals surface area contributed by atoms with Gasteiger partial charge in [-0.2, -0.15) is 0 Å². The van der Waals surface area contributed by atoms with E-state index >= 15 is 0 Å². The lowest BCUT2D eigenvalue weighted by Crippen LogP contribution is -2.68. The molecule has 1 N–H and O–H groups in total. The van der Waals surface area contributed by atoms with Gasteiger partial charge in [0.05, 0.1) is 6.04 Å². The van der Waals surface area contributed by atoms with Crippen molar-refractivity contribution in [1.82, 2.24) is 10.2 Å². The van der Waals surface area contributed by atoms with Crippen molar-refractivity contribution < 1.29 is 4.79 Å². The van der Waals surface area contributed by atoms with E-state index in [1.165, 1.54) is 0 Å². The molecule has 0 radical (unpaired) electrons. The molecule has 2 bridgehead atoms. The Hall–Kier alpha value is -0.570. The summed E-state index contributed by atoms with van der Waals surface area (Å²) in [4.78, 5) is 13.0. The summed E-state index contributed by atoms with van der Waals surface area (Å²) in [6.45, 7) is 0.853. The van der Waals surface area contributed by atoms with Gasteiger partial charge in [-0.1, -0.05) is 0 Å². The average Bonchev–Trinajstić information content (AvgIpc) is 1.86. The van der Waals surface area contributed by atoms with Gasteiger partial charge in [-0.05, 0) is 13.5 Å². The van der Waals surface area contributed by atoms with Crippen molar-refractivity contribution >= 4 is 5.91 Å². The molecule has 3 fully saturated rings. The van der Waals surface area contributed by atoms with Crippen LogP contribution in [0.2, 0.25) is 0 Å². The Balaban J connectivity index is 2.14. The van der Waals surface area contributed by atoms with Gasteiger partial charge in [0.15, 0.2) is 0 Å². The number of amides is 1. The summed E-state index contributed by atoms with van der Waals surface area (Å²) < 4.78 is 0. The number of hydrogen-bond acceptors (Lipinski definition) is 2. The van der Waals surface area contributed by atoms with E-state index in [1.54, 1.807) is 0 Å². The van der Waals surface area contributed by atoms with Crippen LogP contribution in [0.5, 0.6) is 0 Å². The Morgan fingerprint density at radius 2 is 2.56 bits per heavy atom. The standard InChI is InChI=1S/C6H10N2O/c1-8-4-2-5(8)6(9)7-3-4/h4-5H,2-3H2,1H3,(H,7,9). The van der Waals surface area contributed by atoms with Crippen LogP contribution in [0.15, 0.2) is 0 Å². The lowest BCUT2D eigenvalue weighted by atomic mass is 9.89. The first kappa shape index (κ1) is 5.23. The Kier molecular flexibility index (Phi) is 0.858. The molecular formula is C6H10N2O. The Morgan fingerprint density at radius 3 is 2.89 bits per heavy atom. The number of fused-ring (bicyclic) bond motifs is 2. The van der Waals surface area contributed by atoms with Crippen LogP contribution < -0.4 is 5.32 Å². The number of nitrogens with zero attached hydrogens (tertiary/aromatic N) is 1. The fraction of sp³-hybridized carbons (Fsp3) is 0.833. The van der Waals surface area contributed by atoms with E-state index in [9.17, 15) is 4.79 Å². The molecule has 3 rings (SSSR count). The first-order valence-corrected chi connectivity index (χ1v) is 3.28. The monoisotopic (exact) mass is 126 g/mol. The third-order valence-corrected chi connectivity index (χ3v) is 2.38. The largest absolute Gasteiger partial charge is 0.353 e. The molecule has 0 spiro atoms. The van der Waals surface area contributed by atoms with Gasteiger partial charge in [-0.15, -0.1) is 0 Å². The van der Waals surface area contributed by atoms with Crippen LogP contribution in [-0.4, -0.2) is 36.5 Å². The van der Waals surface area contributed by atoms with E-state index in [4.69, 9.17) is 0 Å². The molecule has 0 aromatic rings. The van der Waals surface area contributed by atoms with Gasteiger partial charge in [0.1, 0.15) is 0 Å². The number of rotatable bonds is 0. The van der Waals surface area contributed by atoms with E-state index in [1.807, 2.05) is 7.05 Å². The fourth-order valence-corrected chi connectivity index (χ4v) is 1.56. The quantitative estimate of drug-likeness (QED) is 0.460. The minimum Gasteiger partial charge on any atom is -0.353 e. The molecule has 0 aliphatic carbocycles. The number of carbonyl (C=O) groups excluding carboxylic acids is 1. The van der Waals surface area contributed by atoms with Crippen LogP contribution in [0.25, 0.3) is 0 Å². The van der Waals surface area contributed by atoms with Crippen LogP contribution in [0.4, 0.5) is 0 Å². The zero-order chi connectivity index (χ0) is 6.43. The highest BCUT2D eigenvalue weighted by molar-refractivity contribution is 5.84. The summed E-state index contributed by atoms with van der Waals surface area (Å²) in [5.41, 5.74) is 0. The van der Waals surface area contributed by atoms with Gasteiger partial charge in [-0.3, -0.25) is 9.69 Å². The second kappa shape index (κ2) is 1.48. The molecule has 3 aliphatic rings. The zero-order valence-electron chi connectivity index (χ0n) is 5.42. The lowest BCUT2D eigenvalue weighted by Gasteiger charge is -2.49. The van der Waals surface area contributed by atoms with Crippen molar-refractivity contribution in [2.45, 2.75) is 18.5 Å². The van der Waals surface area contributed by atoms with Crippen molar-refractivity contribution in [3.05, 3.63) is 0 Å². The molecule has 1 amide bonds. The third kappa shape index (κ3) is 0.525. The summed E-state index contributed by atoms with van der Waals surface area (Å²) in [7, 11) is 2.01. The molecule has 0 aromatic heterocycles. The Labute approximate surface area is 54.0 Å². The molecule has 50 valence electrons. The first-order chi connectivity index (χ1) is 4.29. The third-order valence-electron chi connectivity index (χ3n) is 2.38. The van der Waals surface area contributed by atoms with Crippen molar-refractivity contribution in [1.29, 1.82) is 0 Å². The maximum atomic E-state index is 10.9. The number of likely N-dealkylation sites (N-methyl/N-ethyl adjacent to an activating group) is 1. The smallest absolute Gasteiger partial charge is 0.237 e. The van der Waals surface area contributed by atoms with Crippen LogP contribution in [0.3, 0.4) is 0 Å². The summed E-state index contributed by atoms with van der Waals surface area (Å²) in [5.74, 6) is 0.208. The SMILES string of the molecule is CN1C2CNC(=O)C1C2. The average molecular weight is 126 g/mol. The van der Waals surface area contributed by atoms with Gasteiger partial charge < -0.3 is 5.32 Å². The maximum absolute atomic E-state index is 10.9. The summed E-state index contributed by atoms with van der Waals surface area (Å²) in [5, 5.41) is 2.83. The molecule has 9 heavy (non-hydrogen) atoms. The predicted octanol–water partition coefficient (Wildman–Crippen LogP) is -0.811. The molecule has 3 saturated heterocycles. The predicted molar refractivity (Wildman–Crippen MR) is 33.0 cm³/mol. The molecule has 0 saturated carbocycles. The highest BCUT2D eigenvalue weighted by Crippen LogP contribution is 2.26. The maximum Gasteiger partial charge on any atom is 0.237 e. The van der Waals surface area contributed by atoms with Gasteiger partial charge in [-0.25, -0.2) is 0 Å². The highest BCUT2D eigenvalue weighted by atomic mass is 16.2. The normalized spacial score (nSPS) is 41.7. The number of hydrogen-bond donors (Lipinski definition) is 1. The minimum absolute atomic E-state index is 0.198. The van der Waals surface area contributed by atoms with Crippen LogP contribution in [-0.2, 0) is 4.79 Å². The molecule has 3 nitrogen and oxygen atoms in total. The molecule has 3 heterocycles. The van der Waals surface area contributed by atoms with E-state index in [-0.39, 0.29) is 11.9 Å². The topological polar surface area (TPSA) is 32.3 Å². The van der Waals surface area contributed by atoms with Crippen molar-refractivity contribution in [2.24, 2.45) is 0 Å². The Morgan fingerprint density at radius 1 is 1.78 bits per heavy atom. The van der Waals surface area contributed by atoms with Crippen LogP contribution >= 0.6 is 0 Å². The Bertz CT molecular complexity index is 155. The van der Waals surface area contributed by atoms with Crippen LogP contribution in [0, 0.1) is 0 Å². The summed E-state index contributed by atoms with van der Waals surface area (Å²) >= 11 is 0. The zero-order valence-corrected chi connectivity index (χ0v) is 5.42. The van der Waals surface area contributed by atoms with Gasteiger partial charge in [0, 0.05) is 12.6 Å². The van der Waals surface area contributed by atoms with Crippen molar-refractivity contribution in [2.75, 3.05) is 13.6 Å². The molecule has 3 aliphatic heterocycles. The van der Waals surface area contributed by atoms with E-state index < -0.39 is 0 Å². The van der Waals surface area contributed by atoms with E-state index in [0.29, 0.717) is 6.04 Å². The van der Waals surface area contributed by atoms with Gasteiger partial charge in [0.25, 0.3) is 0 Å². The van der Waals surface area contributed by atoms with Gasteiger partial charge >= 0.3 is 0 Å². The number of piperazine rings is 1. The van der Waals surface area contributed by atoms with Crippen molar-refractivity contribution in [3.8, 4) is 0 Å². The summed E-state index contributed by atoms with van der Waals surface area (Å²) in [6, 6.07) is 0.830. The molecule has 3 heteroatoms. The highest BCUT2D eigenvalue weighted by Gasteiger charge is 2.43. The molecule has 2 atom stereocenters. The number of carbonyl (C=O) groups is 1. The summed E-state index contributed by atoms with van der Waals surface area (Å²) in [6.07, 6.45) is 1.07. The number of nitrogens with one attached hydrogen (secondary N) is 1. The van der Waals surface area contributed by atoms with Gasteiger partial charge in [0.2, 0.25) is 5.91 Å². The molecule has 0 aromatic carbocycles. The molecule has 2 unspecified atom stereocenters. The second-order valence-electron chi connectivity index (χ2n) is 2.82. The van der Waals surface area contributed by atoms with E-state index in [0.717, 1.165) is 13.0 Å². The second-order valence-corrected chi connectivity index (χ2v) is 2.82. The lowest BCUT2D eigenvalue weighted by molar-refractivity contribution is -0.139. The van der Waals surface area contributed by atoms with E-state index in [2.05, 4.69) is 10.2 Å². The van der Waals surface area contributed by atoms with Crippen LogP contribution in [0.1, 0.15) is 6.42 Å². The molecular weight excluding hydrogens is 116 g/mol.